The van der Waals surface area contributed by atoms with Gasteiger partial charge in [-0.05, 0) is 31.0 Å². The second kappa shape index (κ2) is 7.39. The molecule has 0 unspecified atom stereocenters. The Bertz CT molecular complexity index is 879. The molecule has 2 aromatic rings. The summed E-state index contributed by atoms with van der Waals surface area (Å²) in [4.78, 5) is 0.225. The number of aryl methyl sites for hydroxylation is 1. The van der Waals surface area contributed by atoms with E-state index in [1.165, 1.54) is 0 Å². The van der Waals surface area contributed by atoms with Gasteiger partial charge in [-0.2, -0.15) is 8.42 Å². The normalized spacial score (nSPS) is 20.4. The lowest BCUT2D eigenvalue weighted by Crippen LogP contribution is -2.09. The van der Waals surface area contributed by atoms with Crippen molar-refractivity contribution in [3.8, 4) is 0 Å². The molecule has 3 nitrogen and oxygen atoms in total. The minimum atomic E-state index is -3.70. The highest BCUT2D eigenvalue weighted by molar-refractivity contribution is 7.99. The van der Waals surface area contributed by atoms with Crippen LogP contribution in [0.5, 0.6) is 0 Å². The largest absolute Gasteiger partial charge is 0.287 e. The minimum absolute atomic E-state index is 0.0971. The van der Waals surface area contributed by atoms with Crippen LogP contribution in [0.3, 0.4) is 0 Å². The van der Waals surface area contributed by atoms with Gasteiger partial charge >= 0.3 is 0 Å². The first kappa shape index (κ1) is 18.9. The van der Waals surface area contributed by atoms with Gasteiger partial charge in [0.15, 0.2) is 0 Å². The first-order valence-corrected chi connectivity index (χ1v) is 11.6. The van der Waals surface area contributed by atoms with Crippen molar-refractivity contribution in [2.45, 2.75) is 28.3 Å². The van der Waals surface area contributed by atoms with Gasteiger partial charge in [0.25, 0.3) is 10.0 Å². The van der Waals surface area contributed by atoms with Crippen LogP contribution in [0.2, 0.25) is 0 Å². The van der Waals surface area contributed by atoms with Crippen molar-refractivity contribution in [3.63, 3.8) is 0 Å². The van der Waals surface area contributed by atoms with E-state index in [0.717, 1.165) is 11.1 Å². The Morgan fingerprint density at radius 3 is 2.28 bits per heavy atom. The van der Waals surface area contributed by atoms with Gasteiger partial charge in [0.2, 0.25) is 0 Å². The SMILES string of the molecule is Cc1ccc(S(=O)(=O)N=[S@](Cc2ccccc2)C[C@H]2CC2(Cl)Cl)cc1. The number of halogens is 2. The Morgan fingerprint density at radius 1 is 1.12 bits per heavy atom. The molecule has 7 heteroatoms. The molecule has 0 bridgehead atoms. The molecular formula is C18H19Cl2NO2S2. The second-order valence-electron chi connectivity index (χ2n) is 6.28. The zero-order valence-electron chi connectivity index (χ0n) is 13.7. The van der Waals surface area contributed by atoms with E-state index in [9.17, 15) is 8.42 Å². The van der Waals surface area contributed by atoms with Crippen LogP contribution in [0.4, 0.5) is 0 Å². The van der Waals surface area contributed by atoms with Crippen molar-refractivity contribution < 1.29 is 8.42 Å². The molecule has 0 N–H and O–H groups in total. The number of sulfonamides is 1. The summed E-state index contributed by atoms with van der Waals surface area (Å²) in [5, 5.41) is 0. The molecule has 3 rings (SSSR count). The summed E-state index contributed by atoms with van der Waals surface area (Å²) in [5.74, 6) is 1.26. The first-order valence-electron chi connectivity index (χ1n) is 7.90. The Kier molecular flexibility index (Phi) is 5.59. The zero-order chi connectivity index (χ0) is 18.1. The number of hydrogen-bond acceptors (Lipinski definition) is 2. The first-order chi connectivity index (χ1) is 11.8. The lowest BCUT2D eigenvalue weighted by atomic mass is 10.2. The van der Waals surface area contributed by atoms with Crippen LogP contribution >= 0.6 is 23.2 Å². The van der Waals surface area contributed by atoms with Gasteiger partial charge < -0.3 is 0 Å². The van der Waals surface area contributed by atoms with Crippen LogP contribution in [0.25, 0.3) is 0 Å². The number of alkyl halides is 2. The van der Waals surface area contributed by atoms with Crippen LogP contribution in [0.15, 0.2) is 63.3 Å². The number of benzene rings is 2. The van der Waals surface area contributed by atoms with Gasteiger partial charge in [-0.3, -0.25) is 0 Å². The van der Waals surface area contributed by atoms with Gasteiger partial charge in [-0.25, -0.2) is 0 Å². The molecule has 134 valence electrons. The van der Waals surface area contributed by atoms with Crippen molar-refractivity contribution in [2.75, 3.05) is 5.75 Å². The predicted octanol–water partition coefficient (Wildman–Crippen LogP) is 4.88. The van der Waals surface area contributed by atoms with E-state index in [1.54, 1.807) is 24.3 Å². The van der Waals surface area contributed by atoms with Crippen molar-refractivity contribution >= 4 is 43.9 Å². The maximum atomic E-state index is 12.7. The Labute approximate surface area is 161 Å². The molecule has 0 heterocycles. The molecular weight excluding hydrogens is 397 g/mol. The van der Waals surface area contributed by atoms with Gasteiger partial charge in [0.05, 0.1) is 4.90 Å². The summed E-state index contributed by atoms with van der Waals surface area (Å²) < 4.78 is 28.9. The summed E-state index contributed by atoms with van der Waals surface area (Å²) in [7, 11) is -4.40. The van der Waals surface area contributed by atoms with Crippen LogP contribution in [0.1, 0.15) is 17.5 Å². The van der Waals surface area contributed by atoms with Crippen LogP contribution in [-0.4, -0.2) is 18.5 Å². The Morgan fingerprint density at radius 2 is 1.72 bits per heavy atom. The maximum absolute atomic E-state index is 12.7. The van der Waals surface area contributed by atoms with E-state index in [-0.39, 0.29) is 10.8 Å². The molecule has 0 saturated heterocycles. The highest BCUT2D eigenvalue weighted by Gasteiger charge is 2.51. The van der Waals surface area contributed by atoms with Gasteiger partial charge in [0.1, 0.15) is 4.33 Å². The Balaban J connectivity index is 1.89. The monoisotopic (exact) mass is 415 g/mol. The van der Waals surface area contributed by atoms with E-state index in [4.69, 9.17) is 23.2 Å². The van der Waals surface area contributed by atoms with Crippen molar-refractivity contribution in [1.29, 1.82) is 0 Å². The smallest absolute Gasteiger partial charge is 0.199 e. The molecule has 0 amide bonds. The molecule has 0 aromatic heterocycles. The van der Waals surface area contributed by atoms with E-state index in [1.807, 2.05) is 37.3 Å². The molecule has 25 heavy (non-hydrogen) atoms. The standard InChI is InChI=1S/C18H19Cl2NO2S2/c1-14-7-9-17(10-8-14)25(22,23)21-24(13-16-11-18(16,19)20)12-15-5-3-2-4-6-15/h2-10,16H,11-13H2,1H3/t16-,24-/m1/s1. The van der Waals surface area contributed by atoms with Crippen LogP contribution < -0.4 is 0 Å². The highest BCUT2D eigenvalue weighted by Crippen LogP contribution is 2.53. The fourth-order valence-corrected chi connectivity index (χ4v) is 7.12. The molecule has 0 spiro atoms. The summed E-state index contributed by atoms with van der Waals surface area (Å²) in [6.45, 7) is 1.92. The van der Waals surface area contributed by atoms with Gasteiger partial charge in [0, 0.05) is 17.4 Å². The topological polar surface area (TPSA) is 46.5 Å². The van der Waals surface area contributed by atoms with Crippen LogP contribution in [0, 0.1) is 12.8 Å². The summed E-state index contributed by atoms with van der Waals surface area (Å²) in [6, 6.07) is 16.5. The minimum Gasteiger partial charge on any atom is -0.199 e. The quantitative estimate of drug-likeness (QED) is 0.630. The van der Waals surface area contributed by atoms with Crippen molar-refractivity contribution in [3.05, 3.63) is 65.7 Å². The lowest BCUT2D eigenvalue weighted by Gasteiger charge is -2.09. The lowest BCUT2D eigenvalue weighted by molar-refractivity contribution is 0.598. The summed E-state index contributed by atoms with van der Waals surface area (Å²) in [6.07, 6.45) is 0.689. The van der Waals surface area contributed by atoms with Crippen LogP contribution in [-0.2, 0) is 26.5 Å². The molecule has 1 aliphatic rings. The molecule has 2 aromatic carbocycles. The van der Waals surface area contributed by atoms with Crippen molar-refractivity contribution in [2.24, 2.45) is 9.69 Å². The fraction of sp³-hybridized carbons (Fsp3) is 0.333. The second-order valence-corrected chi connectivity index (χ2v) is 11.4. The Hall–Kier alpha value is -0.880. The third-order valence-corrected chi connectivity index (χ3v) is 8.92. The van der Waals surface area contributed by atoms with E-state index >= 15 is 0 Å². The predicted molar refractivity (Wildman–Crippen MR) is 106 cm³/mol. The number of rotatable bonds is 6. The molecule has 0 radical (unpaired) electrons. The average molecular weight is 416 g/mol. The van der Waals surface area contributed by atoms with Crippen molar-refractivity contribution in [1.82, 2.24) is 0 Å². The van der Waals surface area contributed by atoms with Gasteiger partial charge in [-0.15, -0.1) is 27.0 Å². The van der Waals surface area contributed by atoms with E-state index < -0.39 is 25.0 Å². The number of nitrogens with zero attached hydrogens (tertiary/aromatic N) is 1. The summed E-state index contributed by atoms with van der Waals surface area (Å²) >= 11 is 12.3. The third-order valence-electron chi connectivity index (χ3n) is 4.05. The maximum Gasteiger partial charge on any atom is 0.287 e. The molecule has 1 saturated carbocycles. The zero-order valence-corrected chi connectivity index (χ0v) is 16.9. The average Bonchev–Trinajstić information content (AvgIpc) is 3.14. The molecule has 2 atom stereocenters. The molecule has 1 aliphatic carbocycles. The summed E-state index contributed by atoms with van der Waals surface area (Å²) in [5.41, 5.74) is 2.07. The van der Waals surface area contributed by atoms with E-state index in [2.05, 4.69) is 3.77 Å². The molecule has 1 fully saturated rings. The highest BCUT2D eigenvalue weighted by atomic mass is 35.5. The van der Waals surface area contributed by atoms with E-state index in [0.29, 0.717) is 17.9 Å². The number of hydrogen-bond donors (Lipinski definition) is 0. The van der Waals surface area contributed by atoms with Gasteiger partial charge in [-0.1, -0.05) is 58.7 Å². The fourth-order valence-electron chi connectivity index (χ4n) is 2.46. The third kappa shape index (κ3) is 5.07. The molecule has 0 aliphatic heterocycles.